The summed E-state index contributed by atoms with van der Waals surface area (Å²) in [5.74, 6) is 1.82. The van der Waals surface area contributed by atoms with Gasteiger partial charge in [-0.1, -0.05) is 79.7 Å². The summed E-state index contributed by atoms with van der Waals surface area (Å²) in [6.07, 6.45) is 0.730. The molecular formula is C32H33N5O. The Bertz CT molecular complexity index is 1400. The largest absolute Gasteiger partial charge is 0.354 e. The molecular weight excluding hydrogens is 470 g/mol. The molecule has 1 aromatic heterocycles. The molecule has 0 saturated carbocycles. The number of nitrogens with zero attached hydrogens (tertiary/aromatic N) is 5. The molecule has 0 bridgehead atoms. The molecule has 6 rings (SSSR count). The smallest absolute Gasteiger partial charge is 0.254 e. The number of carbonyl (C=O) groups excluding carboxylic acids is 1. The number of piperazine rings is 1. The van der Waals surface area contributed by atoms with Crippen molar-refractivity contribution >= 4 is 11.7 Å². The minimum Gasteiger partial charge on any atom is -0.354 e. The molecule has 2 aliphatic rings. The van der Waals surface area contributed by atoms with E-state index in [0.717, 1.165) is 78.7 Å². The molecule has 0 radical (unpaired) electrons. The van der Waals surface area contributed by atoms with Crippen molar-refractivity contribution in [2.24, 2.45) is 0 Å². The van der Waals surface area contributed by atoms with Crippen molar-refractivity contribution in [2.75, 3.05) is 44.2 Å². The van der Waals surface area contributed by atoms with Gasteiger partial charge < -0.3 is 14.7 Å². The SMILES string of the molecule is CCN1CCN(c2nc(-c3ccccc3)nc3c2CN(C(=O)c2ccc(-c4ccccc4)cc2)CC3)CC1. The lowest BCUT2D eigenvalue weighted by atomic mass is 10.0. The van der Waals surface area contributed by atoms with Gasteiger partial charge in [-0.2, -0.15) is 0 Å². The minimum absolute atomic E-state index is 0.0594. The Morgan fingerprint density at radius 2 is 1.37 bits per heavy atom. The summed E-state index contributed by atoms with van der Waals surface area (Å²) in [4.78, 5) is 30.5. The van der Waals surface area contributed by atoms with Gasteiger partial charge in [0.05, 0.1) is 12.2 Å². The van der Waals surface area contributed by atoms with E-state index in [1.807, 2.05) is 65.6 Å². The zero-order chi connectivity index (χ0) is 25.9. The molecule has 6 nitrogen and oxygen atoms in total. The molecule has 0 atom stereocenters. The molecule has 3 heterocycles. The molecule has 0 N–H and O–H groups in total. The third kappa shape index (κ3) is 4.92. The van der Waals surface area contributed by atoms with E-state index >= 15 is 0 Å². The van der Waals surface area contributed by atoms with Crippen molar-refractivity contribution in [2.45, 2.75) is 19.9 Å². The lowest BCUT2D eigenvalue weighted by molar-refractivity contribution is 0.0733. The normalized spacial score (nSPS) is 15.8. The van der Waals surface area contributed by atoms with Gasteiger partial charge in [0.2, 0.25) is 0 Å². The lowest BCUT2D eigenvalue weighted by Gasteiger charge is -2.38. The topological polar surface area (TPSA) is 52.6 Å². The van der Waals surface area contributed by atoms with Gasteiger partial charge >= 0.3 is 0 Å². The molecule has 38 heavy (non-hydrogen) atoms. The van der Waals surface area contributed by atoms with Crippen LogP contribution < -0.4 is 4.90 Å². The number of benzene rings is 3. The van der Waals surface area contributed by atoms with E-state index in [2.05, 4.69) is 41.0 Å². The number of aromatic nitrogens is 2. The van der Waals surface area contributed by atoms with Crippen LogP contribution in [0, 0.1) is 0 Å². The second kappa shape index (κ2) is 10.8. The van der Waals surface area contributed by atoms with Gasteiger partial charge in [0, 0.05) is 55.8 Å². The van der Waals surface area contributed by atoms with Crippen LogP contribution in [0.15, 0.2) is 84.9 Å². The maximum atomic E-state index is 13.6. The van der Waals surface area contributed by atoms with Gasteiger partial charge in [-0.3, -0.25) is 4.79 Å². The number of fused-ring (bicyclic) bond motifs is 1. The van der Waals surface area contributed by atoms with Gasteiger partial charge in [0.15, 0.2) is 5.82 Å². The Labute approximate surface area is 224 Å². The van der Waals surface area contributed by atoms with Crippen LogP contribution in [0.3, 0.4) is 0 Å². The van der Waals surface area contributed by atoms with Crippen LogP contribution in [0.2, 0.25) is 0 Å². The highest BCUT2D eigenvalue weighted by molar-refractivity contribution is 5.95. The summed E-state index contributed by atoms with van der Waals surface area (Å²) < 4.78 is 0. The van der Waals surface area contributed by atoms with E-state index in [4.69, 9.17) is 9.97 Å². The standard InChI is InChI=1S/C32H33N5O/c1-2-35-19-21-36(22-20-35)31-28-23-37(18-17-29(28)33-30(34-31)26-11-7-4-8-12-26)32(38)27-15-13-25(14-16-27)24-9-5-3-6-10-24/h3-16H,2,17-23H2,1H3. The number of anilines is 1. The van der Waals surface area contributed by atoms with Gasteiger partial charge in [-0.15, -0.1) is 0 Å². The zero-order valence-electron chi connectivity index (χ0n) is 21.9. The third-order valence-corrected chi connectivity index (χ3v) is 7.72. The van der Waals surface area contributed by atoms with E-state index in [1.165, 1.54) is 0 Å². The Morgan fingerprint density at radius 1 is 0.737 bits per heavy atom. The molecule has 6 heteroatoms. The van der Waals surface area contributed by atoms with Crippen molar-refractivity contribution in [1.29, 1.82) is 0 Å². The molecule has 4 aromatic rings. The first kappa shape index (κ1) is 24.3. The van der Waals surface area contributed by atoms with Gasteiger partial charge in [-0.05, 0) is 29.8 Å². The molecule has 0 spiro atoms. The van der Waals surface area contributed by atoms with Gasteiger partial charge in [0.1, 0.15) is 5.82 Å². The fourth-order valence-electron chi connectivity index (χ4n) is 5.44. The number of likely N-dealkylation sites (N-methyl/N-ethyl adjacent to an activating group) is 1. The van der Waals surface area contributed by atoms with E-state index in [0.29, 0.717) is 18.7 Å². The molecule has 0 unspecified atom stereocenters. The maximum absolute atomic E-state index is 13.6. The highest BCUT2D eigenvalue weighted by Gasteiger charge is 2.29. The van der Waals surface area contributed by atoms with Crippen molar-refractivity contribution in [1.82, 2.24) is 19.8 Å². The first-order valence-corrected chi connectivity index (χ1v) is 13.6. The first-order valence-electron chi connectivity index (χ1n) is 13.6. The predicted molar refractivity (Wildman–Crippen MR) is 152 cm³/mol. The van der Waals surface area contributed by atoms with Crippen molar-refractivity contribution in [3.63, 3.8) is 0 Å². The summed E-state index contributed by atoms with van der Waals surface area (Å²) in [5, 5.41) is 0. The van der Waals surface area contributed by atoms with Crippen LogP contribution >= 0.6 is 0 Å². The highest BCUT2D eigenvalue weighted by atomic mass is 16.2. The maximum Gasteiger partial charge on any atom is 0.254 e. The molecule has 1 amide bonds. The average molecular weight is 504 g/mol. The number of hydrogen-bond donors (Lipinski definition) is 0. The van der Waals surface area contributed by atoms with E-state index < -0.39 is 0 Å². The average Bonchev–Trinajstić information content (AvgIpc) is 3.01. The predicted octanol–water partition coefficient (Wildman–Crippen LogP) is 5.15. The van der Waals surface area contributed by atoms with Crippen LogP contribution in [-0.2, 0) is 13.0 Å². The number of carbonyl (C=O) groups is 1. The second-order valence-electron chi connectivity index (χ2n) is 10.0. The quantitative estimate of drug-likeness (QED) is 0.377. The summed E-state index contributed by atoms with van der Waals surface area (Å²) in [7, 11) is 0. The minimum atomic E-state index is 0.0594. The number of hydrogen-bond acceptors (Lipinski definition) is 5. The lowest BCUT2D eigenvalue weighted by Crippen LogP contribution is -2.47. The molecule has 3 aromatic carbocycles. The fraction of sp³-hybridized carbons (Fsp3) is 0.281. The van der Waals surface area contributed by atoms with E-state index in [-0.39, 0.29) is 5.91 Å². The first-order chi connectivity index (χ1) is 18.7. The van der Waals surface area contributed by atoms with Gasteiger partial charge in [-0.25, -0.2) is 9.97 Å². The Balaban J connectivity index is 1.29. The molecule has 192 valence electrons. The van der Waals surface area contributed by atoms with Crippen LogP contribution in [0.5, 0.6) is 0 Å². The fourth-order valence-corrected chi connectivity index (χ4v) is 5.44. The Hall–Kier alpha value is -4.03. The monoisotopic (exact) mass is 503 g/mol. The summed E-state index contributed by atoms with van der Waals surface area (Å²) in [5.41, 5.74) is 6.17. The molecule has 1 saturated heterocycles. The van der Waals surface area contributed by atoms with Gasteiger partial charge in [0.25, 0.3) is 5.91 Å². The summed E-state index contributed by atoms with van der Waals surface area (Å²) in [6.45, 7) is 8.37. The molecule has 1 fully saturated rings. The van der Waals surface area contributed by atoms with Crippen molar-refractivity contribution in [3.05, 3.63) is 102 Å². The van der Waals surface area contributed by atoms with Crippen molar-refractivity contribution < 1.29 is 4.79 Å². The molecule has 0 aliphatic carbocycles. The van der Waals surface area contributed by atoms with E-state index in [1.54, 1.807) is 0 Å². The zero-order valence-corrected chi connectivity index (χ0v) is 21.9. The van der Waals surface area contributed by atoms with Crippen LogP contribution in [0.4, 0.5) is 5.82 Å². The summed E-state index contributed by atoms with van der Waals surface area (Å²) in [6, 6.07) is 28.4. The summed E-state index contributed by atoms with van der Waals surface area (Å²) >= 11 is 0. The van der Waals surface area contributed by atoms with Crippen LogP contribution in [0.25, 0.3) is 22.5 Å². The number of amides is 1. The second-order valence-corrected chi connectivity index (χ2v) is 10.0. The van der Waals surface area contributed by atoms with Crippen LogP contribution in [0.1, 0.15) is 28.5 Å². The van der Waals surface area contributed by atoms with Crippen molar-refractivity contribution in [3.8, 4) is 22.5 Å². The Kier molecular flexibility index (Phi) is 6.88. The number of rotatable bonds is 5. The van der Waals surface area contributed by atoms with Crippen LogP contribution in [-0.4, -0.2) is 64.9 Å². The molecule has 2 aliphatic heterocycles. The Morgan fingerprint density at radius 3 is 2.03 bits per heavy atom. The van der Waals surface area contributed by atoms with E-state index in [9.17, 15) is 4.79 Å². The third-order valence-electron chi connectivity index (χ3n) is 7.72. The highest BCUT2D eigenvalue weighted by Crippen LogP contribution is 2.31.